The number of aromatic nitrogens is 3. The first-order valence-corrected chi connectivity index (χ1v) is 5.83. The third-order valence-electron chi connectivity index (χ3n) is 2.15. The van der Waals surface area contributed by atoms with Gasteiger partial charge in [-0.2, -0.15) is 0 Å². The van der Waals surface area contributed by atoms with Gasteiger partial charge in [0.2, 0.25) is 5.28 Å². The summed E-state index contributed by atoms with van der Waals surface area (Å²) < 4.78 is 45.3. The highest BCUT2D eigenvalue weighted by Crippen LogP contribution is 2.34. The first-order chi connectivity index (χ1) is 10.9. The lowest BCUT2D eigenvalue weighted by Gasteiger charge is -2.16. The molecule has 0 fully saturated rings. The van der Waals surface area contributed by atoms with Crippen LogP contribution in [0.4, 0.5) is 11.5 Å². The van der Waals surface area contributed by atoms with E-state index in [0.29, 0.717) is 4.47 Å². The summed E-state index contributed by atoms with van der Waals surface area (Å²) in [6.07, 6.45) is 2.64. The summed E-state index contributed by atoms with van der Waals surface area (Å²) >= 11 is 9.02. The molecule has 2 aromatic heterocycles. The molecule has 7 heteroatoms. The summed E-state index contributed by atoms with van der Waals surface area (Å²) in [5.41, 5.74) is 6.40. The van der Waals surface area contributed by atoms with Gasteiger partial charge in [0.15, 0.2) is 5.82 Å². The van der Waals surface area contributed by atoms with Crippen LogP contribution >= 0.6 is 27.5 Å². The molecule has 0 spiro atoms. The summed E-state index contributed by atoms with van der Waals surface area (Å²) in [6, 6.07) is 1.47. The maximum atomic E-state index is 7.48. The van der Waals surface area contributed by atoms with E-state index < -0.39 is 19.8 Å². The Morgan fingerprint density at radius 1 is 1.44 bits per heavy atom. The lowest BCUT2D eigenvalue weighted by atomic mass is 10.1. The zero-order valence-corrected chi connectivity index (χ0v) is 11.2. The summed E-state index contributed by atoms with van der Waals surface area (Å²) in [6.45, 7) is -5.93. The minimum absolute atomic E-state index is 0.0468. The highest BCUT2D eigenvalue weighted by atomic mass is 79.9. The van der Waals surface area contributed by atoms with Gasteiger partial charge in [-0.15, -0.1) is 0 Å². The predicted octanol–water partition coefficient (Wildman–Crippen LogP) is 2.60. The monoisotopic (exact) mass is 333 g/mol. The van der Waals surface area contributed by atoms with Crippen LogP contribution in [0, 0.1) is 0 Å². The molecule has 0 atom stereocenters. The number of nitrogens with zero attached hydrogens (tertiary/aromatic N) is 4. The van der Waals surface area contributed by atoms with Gasteiger partial charge in [-0.3, -0.25) is 0 Å². The van der Waals surface area contributed by atoms with E-state index in [0.717, 1.165) is 0 Å². The molecule has 0 saturated heterocycles. The number of nitrogens with two attached hydrogens (primary N) is 1. The van der Waals surface area contributed by atoms with Crippen LogP contribution < -0.4 is 10.6 Å². The van der Waals surface area contributed by atoms with E-state index >= 15 is 0 Å². The number of pyridine rings is 1. The lowest BCUT2D eigenvalue weighted by molar-refractivity contribution is 1.07. The second-order valence-corrected chi connectivity index (χ2v) is 4.46. The van der Waals surface area contributed by atoms with Crippen LogP contribution in [-0.4, -0.2) is 28.9 Å². The molecule has 0 radical (unpaired) electrons. The smallest absolute Gasteiger partial charge is 0.222 e. The van der Waals surface area contributed by atoms with E-state index in [2.05, 4.69) is 30.9 Å². The fourth-order valence-corrected chi connectivity index (χ4v) is 1.92. The summed E-state index contributed by atoms with van der Waals surface area (Å²) in [4.78, 5) is 11.9. The number of nitrogen functional groups attached to an aromatic ring is 1. The first kappa shape index (κ1) is 7.25. The van der Waals surface area contributed by atoms with Crippen LogP contribution in [0.5, 0.6) is 0 Å². The fourth-order valence-electron chi connectivity index (χ4n) is 1.38. The largest absolute Gasteiger partial charge is 0.395 e. The Morgan fingerprint density at radius 3 is 2.94 bits per heavy atom. The van der Waals surface area contributed by atoms with E-state index in [4.69, 9.17) is 25.6 Å². The van der Waals surface area contributed by atoms with Gasteiger partial charge in [-0.05, 0) is 33.6 Å². The van der Waals surface area contributed by atoms with E-state index in [-0.39, 0.29) is 27.1 Å². The van der Waals surface area contributed by atoms with Gasteiger partial charge in [-0.25, -0.2) is 15.0 Å². The fraction of sp³-hybridized carbons (Fsp3) is 0.182. The van der Waals surface area contributed by atoms with Crippen LogP contribution in [0.25, 0.3) is 11.3 Å². The molecule has 0 aliphatic heterocycles. The molecule has 2 aromatic rings. The first-order valence-electron chi connectivity index (χ1n) is 7.66. The average molecular weight is 335 g/mol. The minimum Gasteiger partial charge on any atom is -0.395 e. The van der Waals surface area contributed by atoms with Gasteiger partial charge in [0.25, 0.3) is 0 Å². The van der Waals surface area contributed by atoms with Gasteiger partial charge in [0.05, 0.1) is 15.9 Å². The number of hydrogen-bond acceptors (Lipinski definition) is 5. The molecule has 2 N–H and O–H groups in total. The molecule has 0 bridgehead atoms. The van der Waals surface area contributed by atoms with E-state index in [1.54, 1.807) is 0 Å². The molecular weight excluding hydrogens is 318 g/mol. The number of rotatable bonds is 2. The summed E-state index contributed by atoms with van der Waals surface area (Å²) in [5.74, 6) is -0.394. The molecular formula is C11H11BrClN5. The zero-order chi connectivity index (χ0) is 18.3. The van der Waals surface area contributed by atoms with Crippen molar-refractivity contribution in [1.29, 1.82) is 0 Å². The van der Waals surface area contributed by atoms with Crippen molar-refractivity contribution in [2.45, 2.75) is 0 Å². The van der Waals surface area contributed by atoms with Crippen molar-refractivity contribution in [3.8, 4) is 11.3 Å². The highest BCUT2D eigenvalue weighted by Gasteiger charge is 2.14. The molecule has 94 valence electrons. The van der Waals surface area contributed by atoms with E-state index in [1.165, 1.54) is 18.5 Å². The Hall–Kier alpha value is -1.40. The summed E-state index contributed by atoms with van der Waals surface area (Å²) in [7, 11) is 0. The van der Waals surface area contributed by atoms with Gasteiger partial charge in [0.1, 0.15) is 0 Å². The van der Waals surface area contributed by atoms with Crippen molar-refractivity contribution >= 4 is 39.0 Å². The molecule has 5 nitrogen and oxygen atoms in total. The molecule has 2 heterocycles. The SMILES string of the molecule is [2H]C([2H])([2H])N(c1nccc(-c2nc(Cl)ncc2Br)c1N)C([2H])([2H])[2H]. The molecule has 0 aromatic carbocycles. The van der Waals surface area contributed by atoms with Gasteiger partial charge in [0, 0.05) is 40.1 Å². The number of hydrogen-bond donors (Lipinski definition) is 1. The lowest BCUT2D eigenvalue weighted by Crippen LogP contribution is -2.13. The normalized spacial score (nSPS) is 16.8. The Kier molecular flexibility index (Phi) is 2.04. The third kappa shape index (κ3) is 2.39. The molecule has 0 unspecified atom stereocenters. The predicted molar refractivity (Wildman–Crippen MR) is 76.7 cm³/mol. The van der Waals surface area contributed by atoms with E-state index in [9.17, 15) is 0 Å². The van der Waals surface area contributed by atoms with Crippen molar-refractivity contribution < 1.29 is 8.22 Å². The second kappa shape index (κ2) is 5.07. The van der Waals surface area contributed by atoms with Gasteiger partial charge < -0.3 is 10.6 Å². The maximum Gasteiger partial charge on any atom is 0.222 e. The van der Waals surface area contributed by atoms with Crippen molar-refractivity contribution in [3.05, 3.63) is 28.2 Å². The van der Waals surface area contributed by atoms with Crippen LogP contribution in [0.2, 0.25) is 5.28 Å². The number of halogens is 2. The Bertz CT molecular complexity index is 752. The quantitative estimate of drug-likeness (QED) is 0.855. The standard InChI is InChI=1S/C11H11BrClN5/c1-18(2)10-8(14)6(3-4-15-10)9-7(12)5-16-11(13)17-9/h3-5H,14H2,1-2H3/i1D3,2D3. The molecule has 2 rings (SSSR count). The Balaban J connectivity index is 2.69. The Morgan fingerprint density at radius 2 is 2.22 bits per heavy atom. The van der Waals surface area contributed by atoms with Crippen molar-refractivity contribution in [3.63, 3.8) is 0 Å². The van der Waals surface area contributed by atoms with Crippen molar-refractivity contribution in [2.24, 2.45) is 0 Å². The average Bonchev–Trinajstić information content (AvgIpc) is 2.41. The van der Waals surface area contributed by atoms with Crippen molar-refractivity contribution in [2.75, 3.05) is 24.6 Å². The number of anilines is 2. The maximum absolute atomic E-state index is 7.48. The molecule has 0 aliphatic rings. The molecule has 18 heavy (non-hydrogen) atoms. The van der Waals surface area contributed by atoms with Crippen LogP contribution in [-0.2, 0) is 0 Å². The molecule has 0 aliphatic carbocycles. The van der Waals surface area contributed by atoms with Crippen LogP contribution in [0.15, 0.2) is 22.9 Å². The Labute approximate surface area is 127 Å². The van der Waals surface area contributed by atoms with E-state index in [1.807, 2.05) is 0 Å². The van der Waals surface area contributed by atoms with Crippen LogP contribution in [0.1, 0.15) is 8.22 Å². The second-order valence-electron chi connectivity index (χ2n) is 3.27. The minimum atomic E-state index is -2.97. The van der Waals surface area contributed by atoms with Crippen molar-refractivity contribution in [1.82, 2.24) is 15.0 Å². The third-order valence-corrected chi connectivity index (χ3v) is 2.91. The molecule has 0 amide bonds. The van der Waals surface area contributed by atoms with Gasteiger partial charge in [-0.1, -0.05) is 0 Å². The molecule has 0 saturated carbocycles. The summed E-state index contributed by atoms with van der Waals surface area (Å²) in [5, 5.41) is -0.0468. The van der Waals surface area contributed by atoms with Gasteiger partial charge >= 0.3 is 0 Å². The zero-order valence-electron chi connectivity index (χ0n) is 14.9. The topological polar surface area (TPSA) is 67.9 Å². The van der Waals surface area contributed by atoms with Crippen LogP contribution in [0.3, 0.4) is 0 Å². The highest BCUT2D eigenvalue weighted by molar-refractivity contribution is 9.10.